The van der Waals surface area contributed by atoms with E-state index >= 15 is 0 Å². The summed E-state index contributed by atoms with van der Waals surface area (Å²) in [6.45, 7) is 8.06. The molecule has 266 valence electrons. The van der Waals surface area contributed by atoms with Gasteiger partial charge in [0.15, 0.2) is 0 Å². The van der Waals surface area contributed by atoms with Gasteiger partial charge in [-0.15, -0.1) is 0 Å². The standard InChI is InChI=1S/C42H82NO2/c1-6-8-10-12-14-16-18-20-22-24-26-28-30-32-34-36-38-44-41-42(40-43(3,4)5)45-39-37-35-33-31-29-27-25-23-21-19-17-15-13-11-9-7-2/h16,18,20-23,42H,6-15,17,19,24-41H2,1-5H3/q+1/b18-16+,22-20-,23-21-. The van der Waals surface area contributed by atoms with Crippen molar-refractivity contribution in [3.8, 4) is 0 Å². The number of hydrogen-bond acceptors (Lipinski definition) is 2. The lowest BCUT2D eigenvalue weighted by Crippen LogP contribution is -2.44. The molecule has 0 aromatic carbocycles. The molecule has 0 aromatic rings. The molecule has 0 saturated carbocycles. The number of nitrogens with zero attached hydrogens (tertiary/aromatic N) is 1. The van der Waals surface area contributed by atoms with E-state index in [1.54, 1.807) is 0 Å². The van der Waals surface area contributed by atoms with E-state index in [0.717, 1.165) is 30.8 Å². The molecule has 0 spiro atoms. The van der Waals surface area contributed by atoms with Crippen LogP contribution in [0.1, 0.15) is 181 Å². The first kappa shape index (κ1) is 44.1. The van der Waals surface area contributed by atoms with E-state index in [0.29, 0.717) is 0 Å². The molecule has 0 saturated heterocycles. The maximum absolute atomic E-state index is 6.31. The van der Waals surface area contributed by atoms with E-state index in [-0.39, 0.29) is 6.10 Å². The average Bonchev–Trinajstić information content (AvgIpc) is 3.01. The Balaban J connectivity index is 3.66. The zero-order chi connectivity index (χ0) is 32.9. The summed E-state index contributed by atoms with van der Waals surface area (Å²) in [7, 11) is 6.76. The van der Waals surface area contributed by atoms with E-state index in [9.17, 15) is 0 Å². The monoisotopic (exact) mass is 633 g/mol. The Morgan fingerprint density at radius 1 is 0.444 bits per heavy atom. The Kier molecular flexibility index (Phi) is 35.2. The Bertz CT molecular complexity index is 648. The molecule has 0 rings (SSSR count). The molecule has 0 aromatic heterocycles. The van der Waals surface area contributed by atoms with Crippen LogP contribution in [0.4, 0.5) is 0 Å². The average molecular weight is 633 g/mol. The molecule has 0 aliphatic carbocycles. The first-order chi connectivity index (χ1) is 22.0. The van der Waals surface area contributed by atoms with Crippen molar-refractivity contribution < 1.29 is 14.0 Å². The maximum atomic E-state index is 6.31. The summed E-state index contributed by atoms with van der Waals surface area (Å²) in [5.41, 5.74) is 0. The van der Waals surface area contributed by atoms with E-state index in [2.05, 4.69) is 71.4 Å². The Morgan fingerprint density at radius 2 is 0.822 bits per heavy atom. The van der Waals surface area contributed by atoms with Crippen molar-refractivity contribution in [3.63, 3.8) is 0 Å². The number of hydrogen-bond donors (Lipinski definition) is 0. The van der Waals surface area contributed by atoms with Gasteiger partial charge in [-0.3, -0.25) is 0 Å². The first-order valence-corrected chi connectivity index (χ1v) is 20.0. The van der Waals surface area contributed by atoms with Crippen LogP contribution in [0.2, 0.25) is 0 Å². The topological polar surface area (TPSA) is 18.5 Å². The fourth-order valence-corrected chi connectivity index (χ4v) is 5.79. The van der Waals surface area contributed by atoms with E-state index in [4.69, 9.17) is 9.47 Å². The van der Waals surface area contributed by atoms with Crippen LogP contribution in [0.5, 0.6) is 0 Å². The van der Waals surface area contributed by atoms with Crippen LogP contribution in [0.15, 0.2) is 36.5 Å². The lowest BCUT2D eigenvalue weighted by molar-refractivity contribution is -0.873. The summed E-state index contributed by atoms with van der Waals surface area (Å²) in [5, 5.41) is 0. The Morgan fingerprint density at radius 3 is 1.29 bits per heavy atom. The van der Waals surface area contributed by atoms with E-state index in [1.807, 2.05) is 0 Å². The van der Waals surface area contributed by atoms with Crippen LogP contribution < -0.4 is 0 Å². The van der Waals surface area contributed by atoms with Crippen molar-refractivity contribution in [2.75, 3.05) is 47.5 Å². The van der Waals surface area contributed by atoms with Gasteiger partial charge < -0.3 is 14.0 Å². The fourth-order valence-electron chi connectivity index (χ4n) is 5.79. The molecular formula is C42H82NO2+. The van der Waals surface area contributed by atoms with Crippen molar-refractivity contribution >= 4 is 0 Å². The van der Waals surface area contributed by atoms with Crippen molar-refractivity contribution in [1.82, 2.24) is 0 Å². The van der Waals surface area contributed by atoms with Gasteiger partial charge in [0.25, 0.3) is 0 Å². The fraction of sp³-hybridized carbons (Fsp3) is 0.857. The number of rotatable bonds is 36. The minimum absolute atomic E-state index is 0.206. The van der Waals surface area contributed by atoms with Gasteiger partial charge in [-0.1, -0.05) is 153 Å². The van der Waals surface area contributed by atoms with Crippen LogP contribution >= 0.6 is 0 Å². The zero-order valence-corrected chi connectivity index (χ0v) is 31.5. The predicted octanol–water partition coefficient (Wildman–Crippen LogP) is 12.9. The summed E-state index contributed by atoms with van der Waals surface area (Å²) in [6, 6.07) is 0. The third kappa shape index (κ3) is 39.2. The lowest BCUT2D eigenvalue weighted by Gasteiger charge is -2.29. The lowest BCUT2D eigenvalue weighted by atomic mass is 10.1. The summed E-state index contributed by atoms with van der Waals surface area (Å²) < 4.78 is 13.3. The van der Waals surface area contributed by atoms with Gasteiger partial charge in [-0.2, -0.15) is 0 Å². The molecule has 45 heavy (non-hydrogen) atoms. The van der Waals surface area contributed by atoms with Gasteiger partial charge >= 0.3 is 0 Å². The minimum Gasteiger partial charge on any atom is -0.379 e. The SMILES string of the molecule is CCCCCC/C=C/C=C\CCCCCCCCOCC(C[N+](C)(C)C)OCCCCCCCC/C=C\CCCCCCCC. The first-order valence-electron chi connectivity index (χ1n) is 20.0. The smallest absolute Gasteiger partial charge is 0.130 e. The molecule has 1 atom stereocenters. The van der Waals surface area contributed by atoms with Crippen molar-refractivity contribution in [2.24, 2.45) is 0 Å². The minimum atomic E-state index is 0.206. The molecular weight excluding hydrogens is 550 g/mol. The highest BCUT2D eigenvalue weighted by Gasteiger charge is 2.19. The van der Waals surface area contributed by atoms with Gasteiger partial charge in [0.05, 0.1) is 27.7 Å². The highest BCUT2D eigenvalue weighted by Crippen LogP contribution is 2.12. The van der Waals surface area contributed by atoms with Crippen LogP contribution in [0, 0.1) is 0 Å². The predicted molar refractivity (Wildman–Crippen MR) is 202 cm³/mol. The third-order valence-electron chi connectivity index (χ3n) is 8.58. The molecule has 0 N–H and O–H groups in total. The quantitative estimate of drug-likeness (QED) is 0.0296. The number of ether oxygens (including phenoxy) is 2. The van der Waals surface area contributed by atoms with E-state index < -0.39 is 0 Å². The van der Waals surface area contributed by atoms with Gasteiger partial charge in [-0.25, -0.2) is 0 Å². The molecule has 0 heterocycles. The Labute approximate surface area is 284 Å². The van der Waals surface area contributed by atoms with Crippen LogP contribution in [-0.2, 0) is 9.47 Å². The highest BCUT2D eigenvalue weighted by molar-refractivity contribution is 5.02. The molecule has 0 aliphatic rings. The molecule has 0 radical (unpaired) electrons. The molecule has 0 fully saturated rings. The summed E-state index contributed by atoms with van der Waals surface area (Å²) in [5.74, 6) is 0. The van der Waals surface area contributed by atoms with Gasteiger partial charge in [0, 0.05) is 13.2 Å². The third-order valence-corrected chi connectivity index (χ3v) is 8.58. The number of quaternary nitrogens is 1. The van der Waals surface area contributed by atoms with Crippen LogP contribution in [0.3, 0.4) is 0 Å². The number of unbranched alkanes of at least 4 members (excludes halogenated alkanes) is 22. The summed E-state index contributed by atoms with van der Waals surface area (Å²) in [4.78, 5) is 0. The molecule has 1 unspecified atom stereocenters. The second-order valence-corrected chi connectivity index (χ2v) is 14.6. The zero-order valence-electron chi connectivity index (χ0n) is 31.5. The molecule has 3 nitrogen and oxygen atoms in total. The second kappa shape index (κ2) is 35.9. The second-order valence-electron chi connectivity index (χ2n) is 14.6. The van der Waals surface area contributed by atoms with Gasteiger partial charge in [-0.05, 0) is 64.2 Å². The van der Waals surface area contributed by atoms with Crippen molar-refractivity contribution in [1.29, 1.82) is 0 Å². The maximum Gasteiger partial charge on any atom is 0.130 e. The largest absolute Gasteiger partial charge is 0.379 e. The Hall–Kier alpha value is -0.900. The van der Waals surface area contributed by atoms with E-state index in [1.165, 1.54) is 167 Å². The summed E-state index contributed by atoms with van der Waals surface area (Å²) in [6.07, 6.45) is 48.7. The number of allylic oxidation sites excluding steroid dienone is 6. The number of likely N-dealkylation sites (N-methyl/N-ethyl adjacent to an activating group) is 1. The van der Waals surface area contributed by atoms with Gasteiger partial charge in [0.2, 0.25) is 0 Å². The van der Waals surface area contributed by atoms with Crippen LogP contribution in [-0.4, -0.2) is 58.1 Å². The highest BCUT2D eigenvalue weighted by atomic mass is 16.5. The molecule has 0 aliphatic heterocycles. The molecule has 0 amide bonds. The van der Waals surface area contributed by atoms with Crippen molar-refractivity contribution in [2.45, 2.75) is 187 Å². The summed E-state index contributed by atoms with van der Waals surface area (Å²) >= 11 is 0. The van der Waals surface area contributed by atoms with Gasteiger partial charge in [0.1, 0.15) is 12.6 Å². The molecule has 3 heteroatoms. The normalized spacial score (nSPS) is 13.3. The van der Waals surface area contributed by atoms with Crippen molar-refractivity contribution in [3.05, 3.63) is 36.5 Å². The molecule has 0 bridgehead atoms. The van der Waals surface area contributed by atoms with Crippen LogP contribution in [0.25, 0.3) is 0 Å².